The Hall–Kier alpha value is -2.60. The number of hydrogen-bond acceptors (Lipinski definition) is 4. The molecule has 1 amide bonds. The summed E-state index contributed by atoms with van der Waals surface area (Å²) in [6.45, 7) is 1.83. The van der Waals surface area contributed by atoms with Crippen LogP contribution in [0.25, 0.3) is 10.4 Å². The van der Waals surface area contributed by atoms with Gasteiger partial charge >= 0.3 is 0 Å². The predicted molar refractivity (Wildman–Crippen MR) is 84.4 cm³/mol. The van der Waals surface area contributed by atoms with Crippen LogP contribution in [0.15, 0.2) is 48.8 Å². The molecule has 1 aromatic carbocycles. The average Bonchev–Trinajstić information content (AvgIpc) is 2.91. The van der Waals surface area contributed by atoms with E-state index in [2.05, 4.69) is 15.3 Å². The number of carbonyl (C=O) groups is 1. The molecule has 0 atom stereocenters. The van der Waals surface area contributed by atoms with Crippen molar-refractivity contribution < 1.29 is 9.18 Å². The Labute approximate surface area is 130 Å². The van der Waals surface area contributed by atoms with E-state index in [0.717, 1.165) is 15.4 Å². The Bertz CT molecular complexity index is 800. The summed E-state index contributed by atoms with van der Waals surface area (Å²) < 4.78 is 13.1. The maximum atomic E-state index is 13.1. The van der Waals surface area contributed by atoms with E-state index in [1.807, 2.05) is 6.92 Å². The summed E-state index contributed by atoms with van der Waals surface area (Å²) in [6, 6.07) is 9.43. The van der Waals surface area contributed by atoms with Crippen LogP contribution in [0.4, 0.5) is 10.1 Å². The zero-order valence-electron chi connectivity index (χ0n) is 11.7. The summed E-state index contributed by atoms with van der Waals surface area (Å²) >= 11 is 1.41. The van der Waals surface area contributed by atoms with E-state index in [4.69, 9.17) is 0 Å². The monoisotopic (exact) mass is 313 g/mol. The quantitative estimate of drug-likeness (QED) is 0.797. The van der Waals surface area contributed by atoms with Crippen LogP contribution in [0, 0.1) is 12.7 Å². The maximum Gasteiger partial charge on any atom is 0.275 e. The first kappa shape index (κ1) is 14.3. The molecule has 6 heteroatoms. The maximum absolute atomic E-state index is 13.1. The van der Waals surface area contributed by atoms with Gasteiger partial charge in [0.1, 0.15) is 11.5 Å². The second-order valence-corrected chi connectivity index (χ2v) is 5.81. The van der Waals surface area contributed by atoms with Crippen LogP contribution in [0.3, 0.4) is 0 Å². The van der Waals surface area contributed by atoms with Crippen molar-refractivity contribution in [1.82, 2.24) is 9.97 Å². The molecule has 3 rings (SSSR count). The molecule has 0 fully saturated rings. The van der Waals surface area contributed by atoms with Crippen LogP contribution >= 0.6 is 11.3 Å². The number of halogens is 1. The molecule has 0 radical (unpaired) electrons. The number of anilines is 1. The Balaban J connectivity index is 1.94. The Morgan fingerprint density at radius 1 is 1.14 bits per heavy atom. The molecule has 0 saturated carbocycles. The molecular weight excluding hydrogens is 301 g/mol. The molecular formula is C16H12FN3OS. The summed E-state index contributed by atoms with van der Waals surface area (Å²) in [5, 5.41) is 3.56. The third-order valence-electron chi connectivity index (χ3n) is 2.99. The highest BCUT2D eigenvalue weighted by atomic mass is 32.1. The molecule has 0 aliphatic heterocycles. The normalized spacial score (nSPS) is 10.5. The van der Waals surface area contributed by atoms with Crippen molar-refractivity contribution in [2.24, 2.45) is 0 Å². The van der Waals surface area contributed by atoms with E-state index in [1.165, 1.54) is 23.5 Å². The predicted octanol–water partition coefficient (Wildman–Crippen LogP) is 3.90. The van der Waals surface area contributed by atoms with Crippen molar-refractivity contribution in [2.75, 3.05) is 5.32 Å². The number of aromatic nitrogens is 2. The van der Waals surface area contributed by atoms with Gasteiger partial charge in [-0.25, -0.2) is 9.37 Å². The van der Waals surface area contributed by atoms with Crippen molar-refractivity contribution in [2.45, 2.75) is 6.92 Å². The van der Waals surface area contributed by atoms with Gasteiger partial charge in [0.25, 0.3) is 5.91 Å². The van der Waals surface area contributed by atoms with Gasteiger partial charge in [0.2, 0.25) is 0 Å². The second-order valence-electron chi connectivity index (χ2n) is 4.61. The molecule has 0 saturated heterocycles. The van der Waals surface area contributed by atoms with E-state index in [-0.39, 0.29) is 11.7 Å². The molecule has 2 heterocycles. The molecule has 1 N–H and O–H groups in total. The van der Waals surface area contributed by atoms with Crippen molar-refractivity contribution >= 4 is 22.9 Å². The van der Waals surface area contributed by atoms with Gasteiger partial charge in [-0.05, 0) is 36.8 Å². The Morgan fingerprint density at radius 3 is 2.50 bits per heavy atom. The zero-order valence-corrected chi connectivity index (χ0v) is 12.5. The second kappa shape index (κ2) is 6.03. The first-order valence-electron chi connectivity index (χ1n) is 6.58. The number of amides is 1. The van der Waals surface area contributed by atoms with Crippen LogP contribution in [-0.4, -0.2) is 15.9 Å². The van der Waals surface area contributed by atoms with Gasteiger partial charge in [-0.3, -0.25) is 9.78 Å². The fourth-order valence-corrected chi connectivity index (χ4v) is 2.92. The highest BCUT2D eigenvalue weighted by Crippen LogP contribution is 2.30. The highest BCUT2D eigenvalue weighted by molar-refractivity contribution is 7.15. The number of thiazole rings is 1. The number of hydrogen-bond donors (Lipinski definition) is 1. The lowest BCUT2D eigenvalue weighted by molar-refractivity contribution is 0.102. The van der Waals surface area contributed by atoms with Gasteiger partial charge in [0, 0.05) is 18.1 Å². The molecule has 0 spiro atoms. The number of pyridine rings is 1. The van der Waals surface area contributed by atoms with E-state index < -0.39 is 0 Å². The van der Waals surface area contributed by atoms with E-state index in [9.17, 15) is 9.18 Å². The van der Waals surface area contributed by atoms with Gasteiger partial charge in [-0.2, -0.15) is 0 Å². The van der Waals surface area contributed by atoms with Gasteiger partial charge < -0.3 is 5.32 Å². The first-order chi connectivity index (χ1) is 10.6. The number of carbonyl (C=O) groups excluding carboxylic acids is 1. The topological polar surface area (TPSA) is 54.9 Å². The number of aryl methyl sites for hydroxylation is 1. The lowest BCUT2D eigenvalue weighted by atomic mass is 10.1. The third-order valence-corrected chi connectivity index (χ3v) is 4.01. The van der Waals surface area contributed by atoms with E-state index >= 15 is 0 Å². The lowest BCUT2D eigenvalue weighted by Gasteiger charge is -2.05. The standard InChI is InChI=1S/C16H12FN3OS/c1-10-19-14(16(21)20-13-6-8-18-9-7-13)15(22-10)11-2-4-12(17)5-3-11/h2-9H,1H3,(H,18,20,21). The van der Waals surface area contributed by atoms with Gasteiger partial charge in [-0.15, -0.1) is 11.3 Å². The fourth-order valence-electron chi connectivity index (χ4n) is 2.00. The first-order valence-corrected chi connectivity index (χ1v) is 7.40. The van der Waals surface area contributed by atoms with E-state index in [0.29, 0.717) is 11.4 Å². The largest absolute Gasteiger partial charge is 0.320 e. The fraction of sp³-hybridized carbons (Fsp3) is 0.0625. The number of nitrogens with one attached hydrogen (secondary N) is 1. The zero-order chi connectivity index (χ0) is 15.5. The van der Waals surface area contributed by atoms with Crippen molar-refractivity contribution in [3.8, 4) is 10.4 Å². The summed E-state index contributed by atoms with van der Waals surface area (Å²) in [7, 11) is 0. The molecule has 0 unspecified atom stereocenters. The van der Waals surface area contributed by atoms with Crippen molar-refractivity contribution in [1.29, 1.82) is 0 Å². The summed E-state index contributed by atoms with van der Waals surface area (Å²) in [4.78, 5) is 21.4. The van der Waals surface area contributed by atoms with Gasteiger partial charge in [-0.1, -0.05) is 12.1 Å². The smallest absolute Gasteiger partial charge is 0.275 e. The molecule has 2 aromatic heterocycles. The molecule has 0 bridgehead atoms. The van der Waals surface area contributed by atoms with E-state index in [1.54, 1.807) is 36.7 Å². The minimum atomic E-state index is -0.312. The minimum Gasteiger partial charge on any atom is -0.320 e. The number of rotatable bonds is 3. The third kappa shape index (κ3) is 3.01. The lowest BCUT2D eigenvalue weighted by Crippen LogP contribution is -2.13. The summed E-state index contributed by atoms with van der Waals surface area (Å²) in [5.74, 6) is -0.609. The Morgan fingerprint density at radius 2 is 1.82 bits per heavy atom. The average molecular weight is 313 g/mol. The number of benzene rings is 1. The highest BCUT2D eigenvalue weighted by Gasteiger charge is 2.18. The summed E-state index contributed by atoms with van der Waals surface area (Å²) in [6.07, 6.45) is 3.20. The van der Waals surface area contributed by atoms with Crippen LogP contribution in [0.5, 0.6) is 0 Å². The van der Waals surface area contributed by atoms with Crippen LogP contribution < -0.4 is 5.32 Å². The number of nitrogens with zero attached hydrogens (tertiary/aromatic N) is 2. The summed E-state index contributed by atoms with van der Waals surface area (Å²) in [5.41, 5.74) is 1.76. The Kier molecular flexibility index (Phi) is 3.93. The molecule has 0 aliphatic rings. The van der Waals surface area contributed by atoms with Crippen LogP contribution in [0.2, 0.25) is 0 Å². The van der Waals surface area contributed by atoms with Crippen LogP contribution in [0.1, 0.15) is 15.5 Å². The van der Waals surface area contributed by atoms with Crippen molar-refractivity contribution in [3.05, 3.63) is 65.3 Å². The van der Waals surface area contributed by atoms with Gasteiger partial charge in [0.05, 0.1) is 9.88 Å². The molecule has 4 nitrogen and oxygen atoms in total. The minimum absolute atomic E-state index is 0.296. The molecule has 110 valence electrons. The van der Waals surface area contributed by atoms with Crippen LogP contribution in [-0.2, 0) is 0 Å². The molecule has 22 heavy (non-hydrogen) atoms. The SMILES string of the molecule is Cc1nc(C(=O)Nc2ccncc2)c(-c2ccc(F)cc2)s1. The molecule has 0 aliphatic carbocycles. The van der Waals surface area contributed by atoms with Gasteiger partial charge in [0.15, 0.2) is 0 Å². The molecule has 3 aromatic rings. The van der Waals surface area contributed by atoms with Crippen molar-refractivity contribution in [3.63, 3.8) is 0 Å².